The molecule has 1 amide bonds. The molecule has 1 N–H and O–H groups in total. The Balaban J connectivity index is 1.65. The van der Waals surface area contributed by atoms with E-state index >= 15 is 0 Å². The van der Waals surface area contributed by atoms with E-state index in [2.05, 4.69) is 20.8 Å². The Morgan fingerprint density at radius 3 is 2.88 bits per heavy atom. The van der Waals surface area contributed by atoms with Gasteiger partial charge in [-0.15, -0.1) is 5.10 Å². The predicted molar refractivity (Wildman–Crippen MR) is 95.3 cm³/mol. The number of amides is 1. The summed E-state index contributed by atoms with van der Waals surface area (Å²) in [6, 6.07) is 4.43. The highest BCUT2D eigenvalue weighted by Gasteiger charge is 2.24. The van der Waals surface area contributed by atoms with Gasteiger partial charge in [0.2, 0.25) is 11.1 Å². The zero-order valence-corrected chi connectivity index (χ0v) is 15.4. The lowest BCUT2D eigenvalue weighted by Crippen LogP contribution is -2.24. The largest absolute Gasteiger partial charge is 0.323 e. The van der Waals surface area contributed by atoms with Crippen molar-refractivity contribution in [1.82, 2.24) is 20.2 Å². The number of rotatable bonds is 5. The number of hydrogen-bond acceptors (Lipinski definition) is 5. The summed E-state index contributed by atoms with van der Waals surface area (Å²) in [5, 5.41) is 14.9. The van der Waals surface area contributed by atoms with Crippen LogP contribution in [0.15, 0.2) is 23.4 Å². The maximum atomic E-state index is 13.8. The standard InChI is InChI=1S/C16H19ClFN5OS/c1-10(15(24)19-14-8-7-11(17)9-13(14)18)25-16-20-21-22-23(16)12-5-3-2-4-6-12/h7-10,12H,2-6H2,1H3,(H,19,24). The number of halogens is 2. The van der Waals surface area contributed by atoms with Crippen LogP contribution < -0.4 is 5.32 Å². The molecule has 1 fully saturated rings. The minimum Gasteiger partial charge on any atom is -0.323 e. The molecular formula is C16H19ClFN5OS. The number of anilines is 1. The first-order valence-electron chi connectivity index (χ1n) is 8.25. The van der Waals surface area contributed by atoms with Crippen molar-refractivity contribution >= 4 is 35.0 Å². The molecule has 0 spiro atoms. The Bertz CT molecular complexity index is 750. The number of nitrogens with one attached hydrogen (secondary N) is 1. The van der Waals surface area contributed by atoms with E-state index in [0.717, 1.165) is 12.8 Å². The maximum absolute atomic E-state index is 13.8. The number of nitrogens with zero attached hydrogens (tertiary/aromatic N) is 4. The third kappa shape index (κ3) is 4.49. The van der Waals surface area contributed by atoms with Crippen molar-refractivity contribution in [2.24, 2.45) is 0 Å². The topological polar surface area (TPSA) is 72.7 Å². The van der Waals surface area contributed by atoms with Crippen LogP contribution in [0, 0.1) is 5.82 Å². The number of benzene rings is 1. The summed E-state index contributed by atoms with van der Waals surface area (Å²) >= 11 is 6.99. The number of thioether (sulfide) groups is 1. The molecule has 0 saturated heterocycles. The van der Waals surface area contributed by atoms with Crippen LogP contribution in [-0.2, 0) is 4.79 Å². The molecule has 2 aromatic rings. The van der Waals surface area contributed by atoms with Gasteiger partial charge in [-0.3, -0.25) is 4.79 Å². The normalized spacial score (nSPS) is 16.6. The number of carbonyl (C=O) groups is 1. The molecule has 3 rings (SSSR count). The molecule has 25 heavy (non-hydrogen) atoms. The monoisotopic (exact) mass is 383 g/mol. The Kier molecular flexibility index (Phi) is 5.90. The second-order valence-corrected chi connectivity index (χ2v) is 7.82. The van der Waals surface area contributed by atoms with E-state index in [4.69, 9.17) is 11.6 Å². The van der Waals surface area contributed by atoms with Crippen LogP contribution >= 0.6 is 23.4 Å². The zero-order chi connectivity index (χ0) is 17.8. The lowest BCUT2D eigenvalue weighted by molar-refractivity contribution is -0.115. The molecule has 1 aromatic heterocycles. The van der Waals surface area contributed by atoms with Crippen molar-refractivity contribution in [3.05, 3.63) is 29.0 Å². The Morgan fingerprint density at radius 2 is 2.16 bits per heavy atom. The van der Waals surface area contributed by atoms with E-state index in [9.17, 15) is 9.18 Å². The summed E-state index contributed by atoms with van der Waals surface area (Å²) in [6.07, 6.45) is 5.68. The van der Waals surface area contributed by atoms with Gasteiger partial charge in [0.15, 0.2) is 0 Å². The van der Waals surface area contributed by atoms with Gasteiger partial charge < -0.3 is 5.32 Å². The minimum absolute atomic E-state index is 0.105. The molecule has 1 saturated carbocycles. The molecule has 1 aliphatic carbocycles. The van der Waals surface area contributed by atoms with Gasteiger partial charge in [-0.25, -0.2) is 9.07 Å². The highest BCUT2D eigenvalue weighted by atomic mass is 35.5. The predicted octanol–water partition coefficient (Wildman–Crippen LogP) is 4.09. The maximum Gasteiger partial charge on any atom is 0.237 e. The van der Waals surface area contributed by atoms with Gasteiger partial charge in [-0.05, 0) is 48.4 Å². The summed E-state index contributed by atoms with van der Waals surface area (Å²) in [6.45, 7) is 1.74. The smallest absolute Gasteiger partial charge is 0.237 e. The zero-order valence-electron chi connectivity index (χ0n) is 13.8. The van der Waals surface area contributed by atoms with E-state index in [-0.39, 0.29) is 22.7 Å². The van der Waals surface area contributed by atoms with Crippen LogP contribution in [0.25, 0.3) is 0 Å². The van der Waals surface area contributed by atoms with Crippen molar-refractivity contribution in [2.75, 3.05) is 5.32 Å². The van der Waals surface area contributed by atoms with Gasteiger partial charge in [0.05, 0.1) is 17.0 Å². The molecule has 0 radical (unpaired) electrons. The molecule has 0 bridgehead atoms. The second kappa shape index (κ2) is 8.14. The van der Waals surface area contributed by atoms with Crippen LogP contribution in [-0.4, -0.2) is 31.4 Å². The van der Waals surface area contributed by atoms with Crippen molar-refractivity contribution in [3.63, 3.8) is 0 Å². The first-order valence-corrected chi connectivity index (χ1v) is 9.51. The molecule has 1 unspecified atom stereocenters. The van der Waals surface area contributed by atoms with Crippen molar-refractivity contribution in [3.8, 4) is 0 Å². The molecule has 6 nitrogen and oxygen atoms in total. The average molecular weight is 384 g/mol. The number of tetrazole rings is 1. The van der Waals surface area contributed by atoms with Crippen LogP contribution in [0.3, 0.4) is 0 Å². The fourth-order valence-electron chi connectivity index (χ4n) is 2.85. The highest BCUT2D eigenvalue weighted by molar-refractivity contribution is 8.00. The molecule has 1 atom stereocenters. The lowest BCUT2D eigenvalue weighted by atomic mass is 9.96. The number of carbonyl (C=O) groups excluding carboxylic acids is 1. The van der Waals surface area contributed by atoms with Crippen molar-refractivity contribution in [1.29, 1.82) is 0 Å². The van der Waals surface area contributed by atoms with Gasteiger partial charge >= 0.3 is 0 Å². The molecule has 134 valence electrons. The third-order valence-electron chi connectivity index (χ3n) is 4.22. The first-order chi connectivity index (χ1) is 12.0. The average Bonchev–Trinajstić information content (AvgIpc) is 3.06. The van der Waals surface area contributed by atoms with E-state index in [1.165, 1.54) is 49.2 Å². The molecule has 1 heterocycles. The van der Waals surface area contributed by atoms with Crippen LogP contribution in [0.1, 0.15) is 45.1 Å². The van der Waals surface area contributed by atoms with Gasteiger partial charge in [0.1, 0.15) is 5.82 Å². The summed E-state index contributed by atoms with van der Waals surface area (Å²) in [5.41, 5.74) is 0.105. The van der Waals surface area contributed by atoms with Crippen molar-refractivity contribution < 1.29 is 9.18 Å². The summed E-state index contributed by atoms with van der Waals surface area (Å²) in [4.78, 5) is 12.4. The van der Waals surface area contributed by atoms with Crippen LogP contribution in [0.4, 0.5) is 10.1 Å². The van der Waals surface area contributed by atoms with Gasteiger partial charge in [0.25, 0.3) is 0 Å². The molecule has 1 aliphatic rings. The van der Waals surface area contributed by atoms with E-state index in [1.54, 1.807) is 6.92 Å². The fraction of sp³-hybridized carbons (Fsp3) is 0.500. The number of hydrogen-bond donors (Lipinski definition) is 1. The van der Waals surface area contributed by atoms with Gasteiger partial charge in [0, 0.05) is 5.02 Å². The molecule has 0 aliphatic heterocycles. The second-order valence-electron chi connectivity index (χ2n) is 6.07. The van der Waals surface area contributed by atoms with Crippen LogP contribution in [0.5, 0.6) is 0 Å². The first kappa shape index (κ1) is 18.1. The van der Waals surface area contributed by atoms with Gasteiger partial charge in [-0.2, -0.15) is 0 Å². The fourth-order valence-corrected chi connectivity index (χ4v) is 3.87. The quantitative estimate of drug-likeness (QED) is 0.787. The van der Waals surface area contributed by atoms with E-state index in [1.807, 2.05) is 4.68 Å². The van der Waals surface area contributed by atoms with E-state index < -0.39 is 11.1 Å². The van der Waals surface area contributed by atoms with Gasteiger partial charge in [-0.1, -0.05) is 42.6 Å². The lowest BCUT2D eigenvalue weighted by Gasteiger charge is -2.22. The summed E-state index contributed by atoms with van der Waals surface area (Å²) in [5.74, 6) is -0.880. The molecular weight excluding hydrogens is 365 g/mol. The highest BCUT2D eigenvalue weighted by Crippen LogP contribution is 2.31. The SMILES string of the molecule is CC(Sc1nnnn1C1CCCCC1)C(=O)Nc1ccc(Cl)cc1F. The summed E-state index contributed by atoms with van der Waals surface area (Å²) < 4.78 is 15.6. The van der Waals surface area contributed by atoms with Crippen LogP contribution in [0.2, 0.25) is 5.02 Å². The Labute approximate surface area is 154 Å². The van der Waals surface area contributed by atoms with Crippen molar-refractivity contribution in [2.45, 2.75) is 55.5 Å². The molecule has 9 heteroatoms. The number of aromatic nitrogens is 4. The Hall–Kier alpha value is -1.67. The summed E-state index contributed by atoms with van der Waals surface area (Å²) in [7, 11) is 0. The third-order valence-corrected chi connectivity index (χ3v) is 5.51. The molecule has 1 aromatic carbocycles. The Morgan fingerprint density at radius 1 is 1.40 bits per heavy atom. The minimum atomic E-state index is -0.565. The van der Waals surface area contributed by atoms with E-state index in [0.29, 0.717) is 5.16 Å².